The van der Waals surface area contributed by atoms with Gasteiger partial charge >= 0.3 is 0 Å². The van der Waals surface area contributed by atoms with E-state index in [-0.39, 0.29) is 0 Å². The van der Waals surface area contributed by atoms with Crippen LogP contribution in [0, 0.1) is 0 Å². The molecule has 0 bridgehead atoms. The van der Waals surface area contributed by atoms with E-state index in [0.717, 1.165) is 0 Å². The van der Waals surface area contributed by atoms with Gasteiger partial charge < -0.3 is 14.0 Å². The molecule has 1 rings (SSSR count). The molecule has 0 aliphatic heterocycles. The van der Waals surface area contributed by atoms with Gasteiger partial charge in [-0.3, -0.25) is 4.98 Å². The van der Waals surface area contributed by atoms with Crippen molar-refractivity contribution in [1.29, 1.82) is 0 Å². The second-order valence-corrected chi connectivity index (χ2v) is 4.15. The summed E-state index contributed by atoms with van der Waals surface area (Å²) in [5.41, 5.74) is 0.660. The van der Waals surface area contributed by atoms with Crippen molar-refractivity contribution < 1.29 is 14.0 Å². The maximum Gasteiger partial charge on any atom is 0.187 e. The van der Waals surface area contributed by atoms with Crippen LogP contribution < -0.4 is 9.47 Å². The van der Waals surface area contributed by atoms with Crippen LogP contribution in [0.3, 0.4) is 0 Å². The Kier molecular flexibility index (Phi) is 4.03. The topological polar surface area (TPSA) is 54.4 Å². The Hall–Kier alpha value is -0.940. The molecule has 1 aromatic rings. The molecule has 0 radical (unpaired) electrons. The molecule has 0 spiro atoms. The Morgan fingerprint density at radius 1 is 1.43 bits per heavy atom. The van der Waals surface area contributed by atoms with Gasteiger partial charge in [-0.1, -0.05) is 11.2 Å². The molecule has 4 nitrogen and oxygen atoms in total. The molecule has 78 valence electrons. The van der Waals surface area contributed by atoms with Crippen LogP contribution in [-0.4, -0.2) is 30.0 Å². The van der Waals surface area contributed by atoms with E-state index in [9.17, 15) is 4.55 Å². The van der Waals surface area contributed by atoms with Crippen LogP contribution >= 0.6 is 0 Å². The van der Waals surface area contributed by atoms with Crippen molar-refractivity contribution >= 4 is 11.2 Å². The molecule has 0 unspecified atom stereocenters. The molecule has 1 aromatic heterocycles. The standard InChI is InChI=1S/C9H13NO3S/c1-12-8-4-5-10-7(6-14(3)11)9(8)13-2/h4-5H,6H2,1-3H3/t14-/m0/s1. The first-order chi connectivity index (χ1) is 6.69. The van der Waals surface area contributed by atoms with Crippen LogP contribution in [0.5, 0.6) is 11.5 Å². The van der Waals surface area contributed by atoms with Gasteiger partial charge in [0.05, 0.1) is 20.5 Å². The molecule has 1 atom stereocenters. The third-order valence-corrected chi connectivity index (χ3v) is 2.39. The average Bonchev–Trinajstić information content (AvgIpc) is 2.16. The van der Waals surface area contributed by atoms with Crippen molar-refractivity contribution in [3.05, 3.63) is 18.0 Å². The minimum Gasteiger partial charge on any atom is -0.616 e. The lowest BCUT2D eigenvalue weighted by Gasteiger charge is -2.11. The highest BCUT2D eigenvalue weighted by atomic mass is 32.2. The molecule has 0 amide bonds. The van der Waals surface area contributed by atoms with Crippen molar-refractivity contribution in [2.75, 3.05) is 20.5 Å². The normalized spacial score (nSPS) is 12.3. The highest BCUT2D eigenvalue weighted by Crippen LogP contribution is 2.29. The van der Waals surface area contributed by atoms with E-state index in [1.54, 1.807) is 32.7 Å². The van der Waals surface area contributed by atoms with E-state index in [2.05, 4.69) is 4.98 Å². The minimum atomic E-state index is -0.937. The predicted molar refractivity (Wildman–Crippen MR) is 55.1 cm³/mol. The second kappa shape index (κ2) is 5.07. The van der Waals surface area contributed by atoms with Gasteiger partial charge in [0, 0.05) is 12.3 Å². The fraction of sp³-hybridized carbons (Fsp3) is 0.444. The first-order valence-electron chi connectivity index (χ1n) is 4.05. The number of nitrogens with zero attached hydrogens (tertiary/aromatic N) is 1. The molecule has 0 fully saturated rings. The summed E-state index contributed by atoms with van der Waals surface area (Å²) in [5, 5.41) is 0. The van der Waals surface area contributed by atoms with Gasteiger partial charge in [0.25, 0.3) is 0 Å². The molecular weight excluding hydrogens is 202 g/mol. The zero-order valence-electron chi connectivity index (χ0n) is 8.44. The van der Waals surface area contributed by atoms with Crippen molar-refractivity contribution in [3.8, 4) is 11.5 Å². The fourth-order valence-electron chi connectivity index (χ4n) is 1.15. The van der Waals surface area contributed by atoms with Gasteiger partial charge in [0.1, 0.15) is 5.69 Å². The predicted octanol–water partition coefficient (Wildman–Crippen LogP) is 0.977. The molecule has 5 heteroatoms. The van der Waals surface area contributed by atoms with Crippen molar-refractivity contribution in [1.82, 2.24) is 4.98 Å². The summed E-state index contributed by atoms with van der Waals surface area (Å²) in [6.45, 7) is 0. The maximum absolute atomic E-state index is 11.1. The van der Waals surface area contributed by atoms with Crippen molar-refractivity contribution in [3.63, 3.8) is 0 Å². The van der Waals surface area contributed by atoms with E-state index < -0.39 is 11.2 Å². The van der Waals surface area contributed by atoms with Gasteiger partial charge in [-0.15, -0.1) is 0 Å². The Labute approximate surface area is 86.4 Å². The number of hydrogen-bond donors (Lipinski definition) is 0. The van der Waals surface area contributed by atoms with E-state index in [0.29, 0.717) is 22.9 Å². The van der Waals surface area contributed by atoms with E-state index in [1.807, 2.05) is 0 Å². The Morgan fingerprint density at radius 3 is 2.64 bits per heavy atom. The van der Waals surface area contributed by atoms with Crippen LogP contribution in [0.25, 0.3) is 0 Å². The molecular formula is C9H13NO3S. The smallest absolute Gasteiger partial charge is 0.187 e. The van der Waals surface area contributed by atoms with Gasteiger partial charge in [0.15, 0.2) is 17.3 Å². The molecule has 0 N–H and O–H groups in total. The van der Waals surface area contributed by atoms with Crippen LogP contribution in [0.1, 0.15) is 5.69 Å². The first kappa shape index (κ1) is 11.1. The number of ether oxygens (including phenoxy) is 2. The lowest BCUT2D eigenvalue weighted by atomic mass is 10.3. The first-order valence-corrected chi connectivity index (χ1v) is 5.77. The van der Waals surface area contributed by atoms with E-state index >= 15 is 0 Å². The monoisotopic (exact) mass is 215 g/mol. The van der Waals surface area contributed by atoms with Crippen molar-refractivity contribution in [2.24, 2.45) is 0 Å². The molecule has 1 heterocycles. The number of methoxy groups -OCH3 is 2. The summed E-state index contributed by atoms with van der Waals surface area (Å²) in [6.07, 6.45) is 3.24. The summed E-state index contributed by atoms with van der Waals surface area (Å²) in [5.74, 6) is 1.55. The van der Waals surface area contributed by atoms with E-state index in [4.69, 9.17) is 9.47 Å². The fourth-order valence-corrected chi connectivity index (χ4v) is 1.74. The average molecular weight is 215 g/mol. The van der Waals surface area contributed by atoms with Crippen LogP contribution in [0.15, 0.2) is 12.3 Å². The molecule has 0 aliphatic rings. The largest absolute Gasteiger partial charge is 0.616 e. The molecule has 0 saturated heterocycles. The second-order valence-electron chi connectivity index (χ2n) is 2.71. The number of aromatic nitrogens is 1. The van der Waals surface area contributed by atoms with E-state index in [1.165, 1.54) is 0 Å². The lowest BCUT2D eigenvalue weighted by molar-refractivity contribution is 0.350. The zero-order valence-corrected chi connectivity index (χ0v) is 9.26. The summed E-state index contributed by atoms with van der Waals surface area (Å²) < 4.78 is 21.3. The molecule has 0 aliphatic carbocycles. The van der Waals surface area contributed by atoms with Crippen LogP contribution in [0.4, 0.5) is 0 Å². The molecule has 14 heavy (non-hydrogen) atoms. The zero-order chi connectivity index (χ0) is 10.6. The van der Waals surface area contributed by atoms with Crippen LogP contribution in [0.2, 0.25) is 0 Å². The molecule has 0 aromatic carbocycles. The Balaban J connectivity index is 3.02. The third kappa shape index (κ3) is 2.52. The summed E-state index contributed by atoms with van der Waals surface area (Å²) >= 11 is -0.937. The quantitative estimate of drug-likeness (QED) is 0.702. The van der Waals surface area contributed by atoms with Crippen molar-refractivity contribution in [2.45, 2.75) is 5.75 Å². The highest BCUT2D eigenvalue weighted by Gasteiger charge is 2.14. The lowest BCUT2D eigenvalue weighted by Crippen LogP contribution is -2.05. The maximum atomic E-state index is 11.1. The third-order valence-electron chi connectivity index (χ3n) is 1.71. The number of rotatable bonds is 4. The van der Waals surface area contributed by atoms with Gasteiger partial charge in [-0.2, -0.15) is 0 Å². The van der Waals surface area contributed by atoms with Gasteiger partial charge in [-0.05, 0) is 0 Å². The summed E-state index contributed by atoms with van der Waals surface area (Å²) in [4.78, 5) is 4.10. The number of pyridine rings is 1. The summed E-state index contributed by atoms with van der Waals surface area (Å²) in [6, 6.07) is 1.71. The highest BCUT2D eigenvalue weighted by molar-refractivity contribution is 7.89. The Bertz CT molecular complexity index is 304. The van der Waals surface area contributed by atoms with Gasteiger partial charge in [0.2, 0.25) is 0 Å². The summed E-state index contributed by atoms with van der Waals surface area (Å²) in [7, 11) is 3.10. The van der Waals surface area contributed by atoms with Gasteiger partial charge in [-0.25, -0.2) is 0 Å². The van der Waals surface area contributed by atoms with Crippen LogP contribution in [-0.2, 0) is 16.9 Å². The Morgan fingerprint density at radius 2 is 2.14 bits per heavy atom. The SMILES string of the molecule is COc1ccnc(C[S@+](C)[O-])c1OC. The number of hydrogen-bond acceptors (Lipinski definition) is 4. The molecule has 0 saturated carbocycles. The minimum absolute atomic E-state index is 0.375.